The highest BCUT2D eigenvalue weighted by molar-refractivity contribution is 5.72. The van der Waals surface area contributed by atoms with Gasteiger partial charge in [0.15, 0.2) is 5.82 Å². The van der Waals surface area contributed by atoms with Crippen molar-refractivity contribution in [2.45, 2.75) is 20.8 Å². The zero-order valence-corrected chi connectivity index (χ0v) is 9.78. The van der Waals surface area contributed by atoms with Crippen LogP contribution in [0.4, 0.5) is 5.82 Å². The summed E-state index contributed by atoms with van der Waals surface area (Å²) in [5, 5.41) is 0. The SMILES string of the molecule is Cc1cc(C)cc(-c2nc(C)n(N)c2N)c1. The van der Waals surface area contributed by atoms with Crippen LogP contribution in [0.2, 0.25) is 0 Å². The highest BCUT2D eigenvalue weighted by atomic mass is 15.4. The number of hydrogen-bond donors (Lipinski definition) is 2. The van der Waals surface area contributed by atoms with E-state index in [2.05, 4.69) is 37.0 Å². The van der Waals surface area contributed by atoms with E-state index < -0.39 is 0 Å². The number of imidazole rings is 1. The predicted octanol–water partition coefficient (Wildman–Crippen LogP) is 1.77. The van der Waals surface area contributed by atoms with Gasteiger partial charge in [-0.2, -0.15) is 0 Å². The standard InChI is InChI=1S/C12H16N4/c1-7-4-8(2)6-10(5-7)11-12(13)16(14)9(3)15-11/h4-6H,13-14H2,1-3H3. The van der Waals surface area contributed by atoms with Crippen LogP contribution in [0.1, 0.15) is 17.0 Å². The number of aromatic nitrogens is 2. The van der Waals surface area contributed by atoms with Gasteiger partial charge < -0.3 is 11.6 Å². The van der Waals surface area contributed by atoms with Gasteiger partial charge in [0, 0.05) is 5.56 Å². The molecule has 0 fully saturated rings. The van der Waals surface area contributed by atoms with Gasteiger partial charge in [-0.25, -0.2) is 9.66 Å². The summed E-state index contributed by atoms with van der Waals surface area (Å²) in [6.45, 7) is 5.94. The van der Waals surface area contributed by atoms with Crippen LogP contribution in [-0.2, 0) is 0 Å². The number of anilines is 1. The largest absolute Gasteiger partial charge is 0.382 e. The molecule has 0 aliphatic rings. The topological polar surface area (TPSA) is 69.9 Å². The van der Waals surface area contributed by atoms with E-state index in [0.29, 0.717) is 11.6 Å². The van der Waals surface area contributed by atoms with Crippen molar-refractivity contribution in [2.24, 2.45) is 0 Å². The number of nitrogens with two attached hydrogens (primary N) is 2. The highest BCUT2D eigenvalue weighted by Crippen LogP contribution is 2.26. The molecule has 1 aromatic heterocycles. The van der Waals surface area contributed by atoms with Crippen LogP contribution in [0.5, 0.6) is 0 Å². The van der Waals surface area contributed by atoms with E-state index in [1.54, 1.807) is 0 Å². The molecule has 4 nitrogen and oxygen atoms in total. The molecule has 0 aliphatic heterocycles. The lowest BCUT2D eigenvalue weighted by atomic mass is 10.1. The maximum atomic E-state index is 5.91. The summed E-state index contributed by atoms with van der Waals surface area (Å²) in [6.07, 6.45) is 0. The van der Waals surface area contributed by atoms with Crippen LogP contribution in [0.3, 0.4) is 0 Å². The van der Waals surface area contributed by atoms with Crippen molar-refractivity contribution in [3.63, 3.8) is 0 Å². The smallest absolute Gasteiger partial charge is 0.150 e. The molecule has 0 aliphatic carbocycles. The molecule has 2 aromatic rings. The Bertz CT molecular complexity index is 520. The number of benzene rings is 1. The van der Waals surface area contributed by atoms with Gasteiger partial charge in [0.25, 0.3) is 0 Å². The molecule has 0 amide bonds. The van der Waals surface area contributed by atoms with Crippen LogP contribution in [-0.4, -0.2) is 9.66 Å². The molecular formula is C12H16N4. The summed E-state index contributed by atoms with van der Waals surface area (Å²) in [5.74, 6) is 6.96. The fraction of sp³-hybridized carbons (Fsp3) is 0.250. The molecule has 4 N–H and O–H groups in total. The van der Waals surface area contributed by atoms with E-state index in [0.717, 1.165) is 11.3 Å². The first kappa shape index (κ1) is 10.5. The van der Waals surface area contributed by atoms with Crippen molar-refractivity contribution in [2.75, 3.05) is 11.6 Å². The minimum atomic E-state index is 0.502. The third kappa shape index (κ3) is 1.62. The van der Waals surface area contributed by atoms with Crippen molar-refractivity contribution in [3.8, 4) is 11.3 Å². The molecule has 0 saturated carbocycles. The lowest BCUT2D eigenvalue weighted by Crippen LogP contribution is -2.13. The minimum Gasteiger partial charge on any atom is -0.382 e. The van der Waals surface area contributed by atoms with Crippen LogP contribution >= 0.6 is 0 Å². The average Bonchev–Trinajstić information content (AvgIpc) is 2.44. The van der Waals surface area contributed by atoms with Crippen LogP contribution < -0.4 is 11.6 Å². The number of hydrogen-bond acceptors (Lipinski definition) is 3. The van der Waals surface area contributed by atoms with Gasteiger partial charge in [0.05, 0.1) is 0 Å². The lowest BCUT2D eigenvalue weighted by molar-refractivity contribution is 0.937. The number of nitrogens with zero attached hydrogens (tertiary/aromatic N) is 2. The molecule has 0 atom stereocenters. The minimum absolute atomic E-state index is 0.502. The highest BCUT2D eigenvalue weighted by Gasteiger charge is 2.12. The van der Waals surface area contributed by atoms with Crippen molar-refractivity contribution in [1.82, 2.24) is 9.66 Å². The molecule has 0 saturated heterocycles. The normalized spacial score (nSPS) is 10.7. The molecule has 0 radical (unpaired) electrons. The summed E-state index contributed by atoms with van der Waals surface area (Å²) in [6, 6.07) is 6.24. The second kappa shape index (κ2) is 3.56. The summed E-state index contributed by atoms with van der Waals surface area (Å²) in [7, 11) is 0. The second-order valence-electron chi connectivity index (χ2n) is 4.14. The molecular weight excluding hydrogens is 200 g/mol. The molecule has 0 unspecified atom stereocenters. The molecule has 2 rings (SSSR count). The average molecular weight is 216 g/mol. The van der Waals surface area contributed by atoms with Gasteiger partial charge in [0.2, 0.25) is 0 Å². The molecule has 0 bridgehead atoms. The van der Waals surface area contributed by atoms with Crippen molar-refractivity contribution in [1.29, 1.82) is 0 Å². The monoisotopic (exact) mass is 216 g/mol. The van der Waals surface area contributed by atoms with Gasteiger partial charge in [-0.3, -0.25) is 0 Å². The third-order valence-corrected chi connectivity index (χ3v) is 2.62. The number of nitrogen functional groups attached to an aromatic ring is 2. The Morgan fingerprint density at radius 1 is 1.06 bits per heavy atom. The molecule has 0 spiro atoms. The van der Waals surface area contributed by atoms with Gasteiger partial charge in [-0.15, -0.1) is 0 Å². The predicted molar refractivity (Wildman–Crippen MR) is 66.4 cm³/mol. The zero-order chi connectivity index (χ0) is 11.9. The number of aryl methyl sites for hydroxylation is 3. The van der Waals surface area contributed by atoms with Gasteiger partial charge in [-0.05, 0) is 32.9 Å². The van der Waals surface area contributed by atoms with E-state index in [9.17, 15) is 0 Å². The Morgan fingerprint density at radius 2 is 1.62 bits per heavy atom. The van der Waals surface area contributed by atoms with Crippen LogP contribution in [0.25, 0.3) is 11.3 Å². The number of rotatable bonds is 1. The summed E-state index contributed by atoms with van der Waals surface area (Å²) >= 11 is 0. The lowest BCUT2D eigenvalue weighted by Gasteiger charge is -2.03. The Balaban J connectivity index is 2.62. The molecule has 1 aromatic carbocycles. The fourth-order valence-corrected chi connectivity index (χ4v) is 1.89. The van der Waals surface area contributed by atoms with Gasteiger partial charge in [-0.1, -0.05) is 17.2 Å². The molecule has 16 heavy (non-hydrogen) atoms. The van der Waals surface area contributed by atoms with E-state index in [-0.39, 0.29) is 0 Å². The van der Waals surface area contributed by atoms with Crippen molar-refractivity contribution in [3.05, 3.63) is 35.2 Å². The van der Waals surface area contributed by atoms with Crippen LogP contribution in [0.15, 0.2) is 18.2 Å². The Morgan fingerprint density at radius 3 is 2.06 bits per heavy atom. The Labute approximate surface area is 94.9 Å². The first-order chi connectivity index (χ1) is 7.49. The first-order valence-corrected chi connectivity index (χ1v) is 5.17. The zero-order valence-electron chi connectivity index (χ0n) is 9.78. The molecule has 84 valence electrons. The quantitative estimate of drug-likeness (QED) is 0.714. The van der Waals surface area contributed by atoms with E-state index in [4.69, 9.17) is 11.6 Å². The van der Waals surface area contributed by atoms with E-state index >= 15 is 0 Å². The summed E-state index contributed by atoms with van der Waals surface area (Å²) in [5.41, 5.74) is 10.1. The maximum Gasteiger partial charge on any atom is 0.150 e. The third-order valence-electron chi connectivity index (χ3n) is 2.62. The van der Waals surface area contributed by atoms with Gasteiger partial charge >= 0.3 is 0 Å². The summed E-state index contributed by atoms with van der Waals surface area (Å²) < 4.78 is 1.41. The maximum absolute atomic E-state index is 5.91. The van der Waals surface area contributed by atoms with Crippen molar-refractivity contribution >= 4 is 5.82 Å². The van der Waals surface area contributed by atoms with Gasteiger partial charge in [0.1, 0.15) is 11.5 Å². The molecule has 4 heteroatoms. The Hall–Kier alpha value is -1.97. The Kier molecular flexibility index (Phi) is 2.34. The second-order valence-corrected chi connectivity index (χ2v) is 4.14. The molecule has 1 heterocycles. The van der Waals surface area contributed by atoms with Crippen molar-refractivity contribution < 1.29 is 0 Å². The van der Waals surface area contributed by atoms with E-state index in [1.807, 2.05) is 6.92 Å². The first-order valence-electron chi connectivity index (χ1n) is 5.17. The fourth-order valence-electron chi connectivity index (χ4n) is 1.89. The van der Waals surface area contributed by atoms with E-state index in [1.165, 1.54) is 15.8 Å². The van der Waals surface area contributed by atoms with Crippen LogP contribution in [0, 0.1) is 20.8 Å². The summed E-state index contributed by atoms with van der Waals surface area (Å²) in [4.78, 5) is 4.38.